The Morgan fingerprint density at radius 2 is 2.22 bits per heavy atom. The van der Waals surface area contributed by atoms with Gasteiger partial charge in [-0.15, -0.1) is 0 Å². The van der Waals surface area contributed by atoms with Crippen molar-refractivity contribution < 1.29 is 13.9 Å². The van der Waals surface area contributed by atoms with Gasteiger partial charge in [0.05, 0.1) is 12.2 Å². The summed E-state index contributed by atoms with van der Waals surface area (Å²) >= 11 is 0. The zero-order valence-corrected chi connectivity index (χ0v) is 10.4. The lowest BCUT2D eigenvalue weighted by Gasteiger charge is -2.06. The molecule has 1 aromatic carbocycles. The number of ketones is 1. The first kappa shape index (κ1) is 11.5. The molecule has 0 spiro atoms. The van der Waals surface area contributed by atoms with Gasteiger partial charge >= 0.3 is 0 Å². The van der Waals surface area contributed by atoms with Gasteiger partial charge in [0.2, 0.25) is 0 Å². The molecule has 1 unspecified atom stereocenters. The van der Waals surface area contributed by atoms with E-state index in [1.807, 2.05) is 31.2 Å². The predicted octanol–water partition coefficient (Wildman–Crippen LogP) is 3.21. The molecule has 0 N–H and O–H groups in total. The van der Waals surface area contributed by atoms with Crippen molar-refractivity contribution in [1.82, 2.24) is 0 Å². The molecular formula is C15H16O3. The largest absolute Gasteiger partial charge is 0.460 e. The van der Waals surface area contributed by atoms with Crippen LogP contribution in [0.3, 0.4) is 0 Å². The topological polar surface area (TPSA) is 39.4 Å². The van der Waals surface area contributed by atoms with Crippen molar-refractivity contribution in [2.45, 2.75) is 19.8 Å². The third-order valence-electron chi connectivity index (χ3n) is 3.54. The second-order valence-electron chi connectivity index (χ2n) is 4.67. The SMILES string of the molecule is CCc1oc2ccccc2c1C(=O)C1CCOC1. The summed E-state index contributed by atoms with van der Waals surface area (Å²) in [4.78, 5) is 12.6. The van der Waals surface area contributed by atoms with Gasteiger partial charge in [-0.1, -0.05) is 25.1 Å². The molecule has 0 saturated carbocycles. The van der Waals surface area contributed by atoms with E-state index >= 15 is 0 Å². The van der Waals surface area contributed by atoms with Gasteiger partial charge in [-0.25, -0.2) is 0 Å². The minimum atomic E-state index is -0.00342. The number of carbonyl (C=O) groups is 1. The molecule has 3 rings (SSSR count). The molecule has 1 aliphatic rings. The number of furan rings is 1. The number of fused-ring (bicyclic) bond motifs is 1. The van der Waals surface area contributed by atoms with Crippen molar-refractivity contribution in [3.63, 3.8) is 0 Å². The predicted molar refractivity (Wildman–Crippen MR) is 68.8 cm³/mol. The van der Waals surface area contributed by atoms with Crippen molar-refractivity contribution in [3.8, 4) is 0 Å². The first-order valence-electron chi connectivity index (χ1n) is 6.43. The minimum Gasteiger partial charge on any atom is -0.460 e. The highest BCUT2D eigenvalue weighted by Gasteiger charge is 2.29. The summed E-state index contributed by atoms with van der Waals surface area (Å²) in [6.07, 6.45) is 1.56. The second-order valence-corrected chi connectivity index (χ2v) is 4.67. The summed E-state index contributed by atoms with van der Waals surface area (Å²) in [6.45, 7) is 3.24. The molecule has 0 radical (unpaired) electrons. The van der Waals surface area contributed by atoms with E-state index in [-0.39, 0.29) is 11.7 Å². The lowest BCUT2D eigenvalue weighted by Crippen LogP contribution is -2.15. The van der Waals surface area contributed by atoms with Crippen molar-refractivity contribution in [3.05, 3.63) is 35.6 Å². The van der Waals surface area contributed by atoms with E-state index in [0.717, 1.165) is 35.1 Å². The van der Waals surface area contributed by atoms with Crippen LogP contribution < -0.4 is 0 Å². The maximum Gasteiger partial charge on any atom is 0.172 e. The Kier molecular flexibility index (Phi) is 2.92. The van der Waals surface area contributed by atoms with Crippen molar-refractivity contribution in [2.24, 2.45) is 5.92 Å². The standard InChI is InChI=1S/C15H16O3/c1-2-12-14(15(16)10-7-8-17-9-10)11-5-3-4-6-13(11)18-12/h3-6,10H,2,7-9H2,1H3. The summed E-state index contributed by atoms with van der Waals surface area (Å²) in [6, 6.07) is 7.74. The van der Waals surface area contributed by atoms with Crippen molar-refractivity contribution >= 4 is 16.8 Å². The molecular weight excluding hydrogens is 228 g/mol. The lowest BCUT2D eigenvalue weighted by molar-refractivity contribution is 0.0900. The first-order valence-corrected chi connectivity index (χ1v) is 6.43. The van der Waals surface area contributed by atoms with Gasteiger partial charge in [0, 0.05) is 24.3 Å². The molecule has 1 fully saturated rings. The van der Waals surface area contributed by atoms with Crippen LogP contribution in [0.4, 0.5) is 0 Å². The summed E-state index contributed by atoms with van der Waals surface area (Å²) in [5.41, 5.74) is 1.57. The maximum absolute atomic E-state index is 12.6. The number of hydrogen-bond donors (Lipinski definition) is 0. The molecule has 0 amide bonds. The number of benzene rings is 1. The van der Waals surface area contributed by atoms with E-state index in [2.05, 4.69) is 0 Å². The number of para-hydroxylation sites is 1. The van der Waals surface area contributed by atoms with Gasteiger partial charge in [0.15, 0.2) is 5.78 Å². The zero-order chi connectivity index (χ0) is 12.5. The van der Waals surface area contributed by atoms with Gasteiger partial charge in [-0.3, -0.25) is 4.79 Å². The molecule has 3 heteroatoms. The quantitative estimate of drug-likeness (QED) is 0.778. The number of ether oxygens (including phenoxy) is 1. The highest BCUT2D eigenvalue weighted by Crippen LogP contribution is 2.30. The number of carbonyl (C=O) groups excluding carboxylic acids is 1. The van der Waals surface area contributed by atoms with Crippen LogP contribution in [0.1, 0.15) is 29.5 Å². The van der Waals surface area contributed by atoms with Crippen LogP contribution in [0, 0.1) is 5.92 Å². The first-order chi connectivity index (χ1) is 8.81. The Balaban J connectivity index is 2.11. The fourth-order valence-corrected chi connectivity index (χ4v) is 2.56. The van der Waals surface area contributed by atoms with Gasteiger partial charge in [0.1, 0.15) is 11.3 Å². The van der Waals surface area contributed by atoms with Crippen LogP contribution in [0.25, 0.3) is 11.0 Å². The Labute approximate surface area is 106 Å². The van der Waals surface area contributed by atoms with Crippen molar-refractivity contribution in [2.75, 3.05) is 13.2 Å². The number of hydrogen-bond acceptors (Lipinski definition) is 3. The highest BCUT2D eigenvalue weighted by atomic mass is 16.5. The monoisotopic (exact) mass is 244 g/mol. The Morgan fingerprint density at radius 1 is 1.39 bits per heavy atom. The van der Waals surface area contributed by atoms with Crippen LogP contribution >= 0.6 is 0 Å². The molecule has 1 aromatic heterocycles. The smallest absolute Gasteiger partial charge is 0.172 e. The Morgan fingerprint density at radius 3 is 2.94 bits per heavy atom. The fourth-order valence-electron chi connectivity index (χ4n) is 2.56. The van der Waals surface area contributed by atoms with Gasteiger partial charge < -0.3 is 9.15 Å². The molecule has 94 valence electrons. The molecule has 1 saturated heterocycles. The fraction of sp³-hybridized carbons (Fsp3) is 0.400. The zero-order valence-electron chi connectivity index (χ0n) is 10.4. The van der Waals surface area contributed by atoms with Crippen LogP contribution in [0.5, 0.6) is 0 Å². The average Bonchev–Trinajstić information content (AvgIpc) is 3.04. The molecule has 1 atom stereocenters. The van der Waals surface area contributed by atoms with E-state index < -0.39 is 0 Å². The normalized spacial score (nSPS) is 19.5. The number of aryl methyl sites for hydroxylation is 1. The third kappa shape index (κ3) is 1.75. The van der Waals surface area contributed by atoms with Crippen LogP contribution in [0.2, 0.25) is 0 Å². The lowest BCUT2D eigenvalue weighted by atomic mass is 9.94. The summed E-state index contributed by atoms with van der Waals surface area (Å²) < 4.78 is 11.1. The van der Waals surface area contributed by atoms with Gasteiger partial charge in [-0.05, 0) is 12.5 Å². The summed E-state index contributed by atoms with van der Waals surface area (Å²) in [5, 5.41) is 0.936. The van der Waals surface area contributed by atoms with Crippen LogP contribution in [-0.2, 0) is 11.2 Å². The number of Topliss-reactive ketones (excluding diaryl/α,β-unsaturated/α-hetero) is 1. The number of rotatable bonds is 3. The van der Waals surface area contributed by atoms with Crippen molar-refractivity contribution in [1.29, 1.82) is 0 Å². The molecule has 18 heavy (non-hydrogen) atoms. The summed E-state index contributed by atoms with van der Waals surface area (Å²) in [7, 11) is 0. The Hall–Kier alpha value is -1.61. The highest BCUT2D eigenvalue weighted by molar-refractivity contribution is 6.09. The van der Waals surface area contributed by atoms with Gasteiger partial charge in [0.25, 0.3) is 0 Å². The molecule has 3 nitrogen and oxygen atoms in total. The molecule has 2 aromatic rings. The molecule has 0 bridgehead atoms. The van der Waals surface area contributed by atoms with E-state index in [4.69, 9.17) is 9.15 Å². The third-order valence-corrected chi connectivity index (χ3v) is 3.54. The van der Waals surface area contributed by atoms with Crippen LogP contribution in [-0.4, -0.2) is 19.0 Å². The Bertz CT molecular complexity index is 576. The van der Waals surface area contributed by atoms with E-state index in [9.17, 15) is 4.79 Å². The average molecular weight is 244 g/mol. The minimum absolute atomic E-state index is 0.00342. The molecule has 0 aliphatic carbocycles. The van der Waals surface area contributed by atoms with Crippen LogP contribution in [0.15, 0.2) is 28.7 Å². The van der Waals surface area contributed by atoms with E-state index in [1.54, 1.807) is 0 Å². The maximum atomic E-state index is 12.6. The summed E-state index contributed by atoms with van der Waals surface area (Å²) in [5.74, 6) is 0.971. The van der Waals surface area contributed by atoms with Gasteiger partial charge in [-0.2, -0.15) is 0 Å². The van der Waals surface area contributed by atoms with E-state index in [1.165, 1.54) is 0 Å². The molecule has 1 aliphatic heterocycles. The van der Waals surface area contributed by atoms with E-state index in [0.29, 0.717) is 13.2 Å². The molecule has 2 heterocycles. The second kappa shape index (κ2) is 4.58.